The summed E-state index contributed by atoms with van der Waals surface area (Å²) < 4.78 is 0. The zero-order chi connectivity index (χ0) is 12.3. The van der Waals surface area contributed by atoms with Crippen LogP contribution in [0.4, 0.5) is 0 Å². The molecule has 2 aromatic rings. The van der Waals surface area contributed by atoms with Gasteiger partial charge in [0.2, 0.25) is 0 Å². The maximum absolute atomic E-state index is 10.7. The van der Waals surface area contributed by atoms with Crippen molar-refractivity contribution in [2.24, 2.45) is 5.92 Å². The largest absolute Gasteiger partial charge is 0.481 e. The topological polar surface area (TPSA) is 66.0 Å². The second-order valence-electron chi connectivity index (χ2n) is 4.08. The minimum Gasteiger partial charge on any atom is -0.481 e. The van der Waals surface area contributed by atoms with Crippen LogP contribution in [-0.2, 0) is 11.2 Å². The van der Waals surface area contributed by atoms with Gasteiger partial charge in [0.1, 0.15) is 5.82 Å². The van der Waals surface area contributed by atoms with E-state index in [1.807, 2.05) is 24.3 Å². The van der Waals surface area contributed by atoms with Gasteiger partial charge in [0.25, 0.3) is 0 Å². The first kappa shape index (κ1) is 11.4. The summed E-state index contributed by atoms with van der Waals surface area (Å²) >= 11 is 0. The quantitative estimate of drug-likeness (QED) is 0.847. The fourth-order valence-corrected chi connectivity index (χ4v) is 1.66. The molecule has 1 unspecified atom stereocenters. The van der Waals surface area contributed by atoms with Crippen molar-refractivity contribution in [3.05, 3.63) is 42.2 Å². The number of aromatic nitrogens is 2. The molecule has 0 bridgehead atoms. The van der Waals surface area contributed by atoms with E-state index in [1.165, 1.54) is 0 Å². The summed E-state index contributed by atoms with van der Waals surface area (Å²) in [6.45, 7) is 1.71. The molecule has 17 heavy (non-hydrogen) atoms. The molecule has 1 aromatic carbocycles. The SMILES string of the molecule is CC(Cc1ccc(-c2ncc[nH]2)cc1)C(=O)O. The molecule has 2 N–H and O–H groups in total. The molecule has 88 valence electrons. The molecule has 4 heteroatoms. The van der Waals surface area contributed by atoms with Crippen LogP contribution in [0.1, 0.15) is 12.5 Å². The van der Waals surface area contributed by atoms with Gasteiger partial charge in [-0.2, -0.15) is 0 Å². The van der Waals surface area contributed by atoms with Gasteiger partial charge < -0.3 is 10.1 Å². The number of H-pyrrole nitrogens is 1. The third-order valence-electron chi connectivity index (χ3n) is 2.69. The summed E-state index contributed by atoms with van der Waals surface area (Å²) in [4.78, 5) is 17.9. The lowest BCUT2D eigenvalue weighted by molar-refractivity contribution is -0.141. The zero-order valence-electron chi connectivity index (χ0n) is 9.55. The number of carboxylic acids is 1. The minimum atomic E-state index is -0.764. The van der Waals surface area contributed by atoms with E-state index in [2.05, 4.69) is 9.97 Å². The van der Waals surface area contributed by atoms with Crippen LogP contribution in [0.25, 0.3) is 11.4 Å². The van der Waals surface area contributed by atoms with Gasteiger partial charge in [0.05, 0.1) is 5.92 Å². The van der Waals surface area contributed by atoms with Crippen LogP contribution in [0.15, 0.2) is 36.7 Å². The standard InChI is InChI=1S/C13H14N2O2/c1-9(13(16)17)8-10-2-4-11(5-3-10)12-14-6-7-15-12/h2-7,9H,8H2,1H3,(H,14,15)(H,16,17). The van der Waals surface area contributed by atoms with E-state index in [0.717, 1.165) is 17.0 Å². The number of carbonyl (C=O) groups is 1. The summed E-state index contributed by atoms with van der Waals surface area (Å²) in [5.41, 5.74) is 2.02. The highest BCUT2D eigenvalue weighted by atomic mass is 16.4. The normalized spacial score (nSPS) is 12.3. The van der Waals surface area contributed by atoms with Crippen molar-refractivity contribution in [1.29, 1.82) is 0 Å². The minimum absolute atomic E-state index is 0.357. The third-order valence-corrected chi connectivity index (χ3v) is 2.69. The maximum Gasteiger partial charge on any atom is 0.306 e. The Morgan fingerprint density at radius 1 is 1.41 bits per heavy atom. The molecule has 0 radical (unpaired) electrons. The maximum atomic E-state index is 10.7. The van der Waals surface area contributed by atoms with Crippen LogP contribution in [0.2, 0.25) is 0 Å². The first-order valence-corrected chi connectivity index (χ1v) is 5.48. The fourth-order valence-electron chi connectivity index (χ4n) is 1.66. The second kappa shape index (κ2) is 4.82. The molecular weight excluding hydrogens is 216 g/mol. The van der Waals surface area contributed by atoms with Gasteiger partial charge in [-0.25, -0.2) is 4.98 Å². The van der Waals surface area contributed by atoms with Gasteiger partial charge in [0.15, 0.2) is 0 Å². The summed E-state index contributed by atoms with van der Waals surface area (Å²) in [6.07, 6.45) is 4.03. The molecule has 0 saturated heterocycles. The van der Waals surface area contributed by atoms with E-state index >= 15 is 0 Å². The molecule has 2 rings (SSSR count). The van der Waals surface area contributed by atoms with Crippen molar-refractivity contribution >= 4 is 5.97 Å². The number of hydrogen-bond acceptors (Lipinski definition) is 2. The Labute approximate surface area is 99.3 Å². The third kappa shape index (κ3) is 2.72. The molecule has 1 aromatic heterocycles. The Kier molecular flexibility index (Phi) is 3.23. The predicted molar refractivity (Wildman–Crippen MR) is 64.5 cm³/mol. The Bertz CT molecular complexity index is 489. The molecule has 0 aliphatic carbocycles. The first-order valence-electron chi connectivity index (χ1n) is 5.48. The van der Waals surface area contributed by atoms with Crippen molar-refractivity contribution < 1.29 is 9.90 Å². The highest BCUT2D eigenvalue weighted by Crippen LogP contribution is 2.17. The number of nitrogens with one attached hydrogen (secondary N) is 1. The Morgan fingerprint density at radius 3 is 2.65 bits per heavy atom. The lowest BCUT2D eigenvalue weighted by atomic mass is 10.0. The van der Waals surface area contributed by atoms with E-state index in [1.54, 1.807) is 19.3 Å². The molecule has 4 nitrogen and oxygen atoms in total. The van der Waals surface area contributed by atoms with Crippen molar-refractivity contribution in [2.45, 2.75) is 13.3 Å². The molecule has 1 atom stereocenters. The van der Waals surface area contributed by atoms with Crippen molar-refractivity contribution in [2.75, 3.05) is 0 Å². The van der Waals surface area contributed by atoms with E-state index in [0.29, 0.717) is 6.42 Å². The molecule has 0 saturated carbocycles. The number of benzene rings is 1. The number of hydrogen-bond donors (Lipinski definition) is 2. The highest BCUT2D eigenvalue weighted by molar-refractivity contribution is 5.70. The average Bonchev–Trinajstić information content (AvgIpc) is 2.83. The van der Waals surface area contributed by atoms with Gasteiger partial charge in [-0.1, -0.05) is 31.2 Å². The molecule has 0 aliphatic rings. The van der Waals surface area contributed by atoms with Crippen molar-refractivity contribution in [3.8, 4) is 11.4 Å². The Hall–Kier alpha value is -2.10. The molecule has 1 heterocycles. The summed E-state index contributed by atoms with van der Waals surface area (Å²) in [7, 11) is 0. The molecule has 0 amide bonds. The van der Waals surface area contributed by atoms with E-state index in [4.69, 9.17) is 5.11 Å². The van der Waals surface area contributed by atoms with Crippen LogP contribution in [-0.4, -0.2) is 21.0 Å². The number of imidazole rings is 1. The highest BCUT2D eigenvalue weighted by Gasteiger charge is 2.11. The van der Waals surface area contributed by atoms with Gasteiger partial charge in [-0.05, 0) is 12.0 Å². The number of rotatable bonds is 4. The van der Waals surface area contributed by atoms with Gasteiger partial charge in [-0.3, -0.25) is 4.79 Å². The van der Waals surface area contributed by atoms with E-state index in [-0.39, 0.29) is 5.92 Å². The Balaban J connectivity index is 2.11. The lowest BCUT2D eigenvalue weighted by Gasteiger charge is -2.06. The summed E-state index contributed by atoms with van der Waals surface area (Å²) in [6, 6.07) is 7.78. The molecular formula is C13H14N2O2. The van der Waals surface area contributed by atoms with Crippen molar-refractivity contribution in [3.63, 3.8) is 0 Å². The smallest absolute Gasteiger partial charge is 0.306 e. The average molecular weight is 230 g/mol. The number of aromatic amines is 1. The lowest BCUT2D eigenvalue weighted by Crippen LogP contribution is -2.12. The number of aliphatic carboxylic acids is 1. The van der Waals surface area contributed by atoms with Gasteiger partial charge >= 0.3 is 5.97 Å². The number of nitrogens with zero attached hydrogens (tertiary/aromatic N) is 1. The molecule has 0 fully saturated rings. The molecule has 0 aliphatic heterocycles. The van der Waals surface area contributed by atoms with Crippen molar-refractivity contribution in [1.82, 2.24) is 9.97 Å². The Morgan fingerprint density at radius 2 is 2.12 bits per heavy atom. The van der Waals surface area contributed by atoms with Gasteiger partial charge in [0, 0.05) is 18.0 Å². The van der Waals surface area contributed by atoms with Crippen LogP contribution >= 0.6 is 0 Å². The second-order valence-corrected chi connectivity index (χ2v) is 4.08. The predicted octanol–water partition coefficient (Wildman–Crippen LogP) is 2.34. The van der Waals surface area contributed by atoms with Gasteiger partial charge in [-0.15, -0.1) is 0 Å². The summed E-state index contributed by atoms with van der Waals surface area (Å²) in [5, 5.41) is 8.83. The van der Waals surface area contributed by atoms with Crippen LogP contribution < -0.4 is 0 Å². The monoisotopic (exact) mass is 230 g/mol. The van der Waals surface area contributed by atoms with E-state index < -0.39 is 5.97 Å². The zero-order valence-corrected chi connectivity index (χ0v) is 9.55. The number of carboxylic acid groups (broad SMARTS) is 1. The van der Waals surface area contributed by atoms with Crippen LogP contribution in [0, 0.1) is 5.92 Å². The van der Waals surface area contributed by atoms with E-state index in [9.17, 15) is 4.79 Å². The first-order chi connectivity index (χ1) is 8.16. The van der Waals surface area contributed by atoms with Crippen LogP contribution in [0.3, 0.4) is 0 Å². The fraction of sp³-hybridized carbons (Fsp3) is 0.231. The van der Waals surface area contributed by atoms with Crippen LogP contribution in [0.5, 0.6) is 0 Å². The summed E-state index contributed by atoms with van der Waals surface area (Å²) in [5.74, 6) is -0.299. The molecule has 0 spiro atoms.